The van der Waals surface area contributed by atoms with Gasteiger partial charge < -0.3 is 0 Å². The molecule has 0 N–H and O–H groups in total. The average Bonchev–Trinajstić information content (AvgIpc) is 2.67. The van der Waals surface area contributed by atoms with Crippen LogP contribution in [-0.4, -0.2) is 15.6 Å². The van der Waals surface area contributed by atoms with Crippen LogP contribution in [-0.2, 0) is 0 Å². The summed E-state index contributed by atoms with van der Waals surface area (Å²) in [5, 5.41) is 11.8. The Labute approximate surface area is 114 Å². The standard InChI is InChI=1S/C13H12ClNO2S/c14-12-7-5-6-10(12)11(6)13(7)18-9-4-2-1-3-8(9)15(16)17/h1-4,6-7,10-13H,5H2. The van der Waals surface area contributed by atoms with Gasteiger partial charge in [-0.2, -0.15) is 0 Å². The van der Waals surface area contributed by atoms with Gasteiger partial charge in [0.2, 0.25) is 0 Å². The molecule has 6 atom stereocenters. The van der Waals surface area contributed by atoms with Crippen LogP contribution in [0.5, 0.6) is 0 Å². The van der Waals surface area contributed by atoms with Crippen LogP contribution in [0.1, 0.15) is 6.42 Å². The van der Waals surface area contributed by atoms with Crippen molar-refractivity contribution in [3.8, 4) is 0 Å². The molecule has 3 nitrogen and oxygen atoms in total. The van der Waals surface area contributed by atoms with Gasteiger partial charge >= 0.3 is 0 Å². The van der Waals surface area contributed by atoms with Gasteiger partial charge in [0.15, 0.2) is 0 Å². The van der Waals surface area contributed by atoms with Gasteiger partial charge in [0.05, 0.1) is 9.82 Å². The second-order valence-electron chi connectivity index (χ2n) is 5.47. The topological polar surface area (TPSA) is 43.1 Å². The van der Waals surface area contributed by atoms with E-state index in [0.717, 1.165) is 16.7 Å². The van der Waals surface area contributed by atoms with Crippen molar-refractivity contribution in [3.05, 3.63) is 34.4 Å². The SMILES string of the molecule is O=[N+]([O-])c1ccccc1SC1C2CC3C(C2Cl)C31. The maximum atomic E-state index is 11.0. The minimum atomic E-state index is -0.287. The zero-order valence-electron chi connectivity index (χ0n) is 9.53. The maximum Gasteiger partial charge on any atom is 0.282 e. The molecule has 6 unspecified atom stereocenters. The molecule has 0 aromatic heterocycles. The summed E-state index contributed by atoms with van der Waals surface area (Å²) in [5.41, 5.74) is 0.231. The highest BCUT2D eigenvalue weighted by Crippen LogP contribution is 2.75. The molecule has 5 heteroatoms. The van der Waals surface area contributed by atoms with E-state index < -0.39 is 0 Å². The number of hydrogen-bond acceptors (Lipinski definition) is 3. The first-order valence-electron chi connectivity index (χ1n) is 6.22. The van der Waals surface area contributed by atoms with Gasteiger partial charge in [-0.25, -0.2) is 0 Å². The summed E-state index contributed by atoms with van der Waals surface area (Å²) in [5.74, 6) is 2.81. The van der Waals surface area contributed by atoms with Gasteiger partial charge in [0.25, 0.3) is 5.69 Å². The number of nitro groups is 1. The first kappa shape index (κ1) is 11.1. The van der Waals surface area contributed by atoms with Crippen molar-refractivity contribution < 1.29 is 4.92 Å². The fraction of sp³-hybridized carbons (Fsp3) is 0.538. The molecule has 18 heavy (non-hydrogen) atoms. The van der Waals surface area contributed by atoms with E-state index in [1.54, 1.807) is 23.9 Å². The lowest BCUT2D eigenvalue weighted by Gasteiger charge is -2.16. The van der Waals surface area contributed by atoms with E-state index in [2.05, 4.69) is 0 Å². The third kappa shape index (κ3) is 1.33. The van der Waals surface area contributed by atoms with E-state index in [1.165, 1.54) is 6.42 Å². The molecule has 0 spiro atoms. The largest absolute Gasteiger partial charge is 0.282 e. The first-order chi connectivity index (χ1) is 8.68. The molecule has 94 valence electrons. The molecule has 0 radical (unpaired) electrons. The molecule has 0 saturated heterocycles. The van der Waals surface area contributed by atoms with Crippen molar-refractivity contribution in [2.75, 3.05) is 0 Å². The molecular weight excluding hydrogens is 270 g/mol. The second kappa shape index (κ2) is 3.64. The number of benzene rings is 1. The molecule has 1 aromatic carbocycles. The third-order valence-electron chi connectivity index (χ3n) is 4.74. The summed E-state index contributed by atoms with van der Waals surface area (Å²) in [4.78, 5) is 11.5. The van der Waals surface area contributed by atoms with Gasteiger partial charge in [0.1, 0.15) is 0 Å². The summed E-state index contributed by atoms with van der Waals surface area (Å²) >= 11 is 8.10. The van der Waals surface area contributed by atoms with E-state index in [-0.39, 0.29) is 10.6 Å². The van der Waals surface area contributed by atoms with Crippen LogP contribution in [0.15, 0.2) is 29.2 Å². The zero-order valence-corrected chi connectivity index (χ0v) is 11.1. The molecule has 0 aliphatic heterocycles. The van der Waals surface area contributed by atoms with E-state index >= 15 is 0 Å². The number of thioether (sulfide) groups is 1. The number of alkyl halides is 1. The number of hydrogen-bond donors (Lipinski definition) is 0. The smallest absolute Gasteiger partial charge is 0.258 e. The monoisotopic (exact) mass is 281 g/mol. The van der Waals surface area contributed by atoms with Gasteiger partial charge in [0, 0.05) is 16.7 Å². The van der Waals surface area contributed by atoms with Crippen LogP contribution in [0.3, 0.4) is 0 Å². The summed E-state index contributed by atoms with van der Waals surface area (Å²) in [6.45, 7) is 0. The Morgan fingerprint density at radius 1 is 1.28 bits per heavy atom. The molecule has 4 fully saturated rings. The second-order valence-corrected chi connectivity index (χ2v) is 7.19. The van der Waals surface area contributed by atoms with Crippen LogP contribution in [0.4, 0.5) is 5.69 Å². The zero-order chi connectivity index (χ0) is 12.4. The van der Waals surface area contributed by atoms with Crippen LogP contribution in [0, 0.1) is 33.8 Å². The van der Waals surface area contributed by atoms with Crippen LogP contribution < -0.4 is 0 Å². The number of nitro benzene ring substituents is 1. The van der Waals surface area contributed by atoms with Crippen LogP contribution >= 0.6 is 23.4 Å². The molecule has 4 aliphatic carbocycles. The minimum absolute atomic E-state index is 0.231. The fourth-order valence-electron chi connectivity index (χ4n) is 4.00. The van der Waals surface area contributed by atoms with Crippen molar-refractivity contribution in [1.29, 1.82) is 0 Å². The van der Waals surface area contributed by atoms with E-state index in [4.69, 9.17) is 11.6 Å². The summed E-state index contributed by atoms with van der Waals surface area (Å²) in [6.07, 6.45) is 1.24. The van der Waals surface area contributed by atoms with Crippen molar-refractivity contribution >= 4 is 29.1 Å². The lowest BCUT2D eigenvalue weighted by molar-refractivity contribution is -0.387. The Kier molecular flexibility index (Phi) is 2.25. The number of rotatable bonds is 3. The van der Waals surface area contributed by atoms with E-state index in [0.29, 0.717) is 22.5 Å². The lowest BCUT2D eigenvalue weighted by Crippen LogP contribution is -2.13. The Hall–Kier alpha value is -0.740. The highest BCUT2D eigenvalue weighted by molar-refractivity contribution is 8.00. The lowest BCUT2D eigenvalue weighted by atomic mass is 10.1. The summed E-state index contributed by atoms with van der Waals surface area (Å²) in [6, 6.07) is 7.04. The molecule has 0 heterocycles. The highest BCUT2D eigenvalue weighted by atomic mass is 35.5. The Balaban J connectivity index is 1.62. The van der Waals surface area contributed by atoms with E-state index in [9.17, 15) is 10.1 Å². The summed E-state index contributed by atoms with van der Waals surface area (Å²) < 4.78 is 0. The van der Waals surface area contributed by atoms with Crippen molar-refractivity contribution in [2.45, 2.75) is 21.9 Å². The Morgan fingerprint density at radius 2 is 2.06 bits per heavy atom. The molecule has 1 aromatic rings. The molecule has 4 saturated carbocycles. The van der Waals surface area contributed by atoms with Crippen LogP contribution in [0.25, 0.3) is 0 Å². The number of para-hydroxylation sites is 1. The number of halogens is 1. The quantitative estimate of drug-likeness (QED) is 0.483. The normalized spacial score (nSPS) is 43.2. The number of nitrogens with zero attached hydrogens (tertiary/aromatic N) is 1. The van der Waals surface area contributed by atoms with Crippen molar-refractivity contribution in [2.24, 2.45) is 23.7 Å². The molecule has 4 aliphatic rings. The van der Waals surface area contributed by atoms with E-state index in [1.807, 2.05) is 12.1 Å². The van der Waals surface area contributed by atoms with Crippen molar-refractivity contribution in [3.63, 3.8) is 0 Å². The Bertz CT molecular complexity index is 537. The third-order valence-corrected chi connectivity index (χ3v) is 6.89. The maximum absolute atomic E-state index is 11.0. The molecule has 4 bridgehead atoms. The minimum Gasteiger partial charge on any atom is -0.258 e. The van der Waals surface area contributed by atoms with Crippen LogP contribution in [0.2, 0.25) is 0 Å². The Morgan fingerprint density at radius 3 is 2.61 bits per heavy atom. The van der Waals surface area contributed by atoms with Gasteiger partial charge in [-0.3, -0.25) is 10.1 Å². The molecule has 5 rings (SSSR count). The van der Waals surface area contributed by atoms with Gasteiger partial charge in [-0.05, 0) is 36.2 Å². The van der Waals surface area contributed by atoms with Gasteiger partial charge in [-0.1, -0.05) is 12.1 Å². The average molecular weight is 282 g/mol. The predicted molar refractivity (Wildman–Crippen MR) is 71.0 cm³/mol. The highest BCUT2D eigenvalue weighted by Gasteiger charge is 2.73. The molecular formula is C13H12ClNO2S. The summed E-state index contributed by atoms with van der Waals surface area (Å²) in [7, 11) is 0. The van der Waals surface area contributed by atoms with Crippen molar-refractivity contribution in [1.82, 2.24) is 0 Å². The predicted octanol–water partition coefficient (Wildman–Crippen LogP) is 3.56. The fourth-order valence-corrected chi connectivity index (χ4v) is 6.41. The molecule has 0 amide bonds. The van der Waals surface area contributed by atoms with Gasteiger partial charge in [-0.15, -0.1) is 23.4 Å². The first-order valence-corrected chi connectivity index (χ1v) is 7.54.